The van der Waals surface area contributed by atoms with Gasteiger partial charge in [-0.2, -0.15) is 0 Å². The third kappa shape index (κ3) is 9.66. The van der Waals surface area contributed by atoms with Gasteiger partial charge in [-0.1, -0.05) is 58.4 Å². The SMILES string of the molecule is C=CCCCCCCC(C)CCC. The van der Waals surface area contributed by atoms with E-state index in [1.807, 2.05) is 6.08 Å². The molecule has 0 aliphatic carbocycles. The summed E-state index contributed by atoms with van der Waals surface area (Å²) in [7, 11) is 0. The molecule has 0 aromatic carbocycles. The zero-order chi connectivity index (χ0) is 9.94. The van der Waals surface area contributed by atoms with Gasteiger partial charge in [0.15, 0.2) is 0 Å². The third-order valence-electron chi connectivity index (χ3n) is 2.64. The van der Waals surface area contributed by atoms with Crippen molar-refractivity contribution in [1.82, 2.24) is 0 Å². The van der Waals surface area contributed by atoms with Gasteiger partial charge in [0.25, 0.3) is 0 Å². The van der Waals surface area contributed by atoms with Crippen molar-refractivity contribution < 1.29 is 0 Å². The number of allylic oxidation sites excluding steroid dienone is 1. The minimum Gasteiger partial charge on any atom is -0.103 e. The van der Waals surface area contributed by atoms with Gasteiger partial charge in [-0.25, -0.2) is 0 Å². The summed E-state index contributed by atoms with van der Waals surface area (Å²) in [6.07, 6.45) is 13.0. The van der Waals surface area contributed by atoms with Crippen LogP contribution in [0.25, 0.3) is 0 Å². The second-order valence-electron chi connectivity index (χ2n) is 4.17. The fraction of sp³-hybridized carbons (Fsp3) is 0.846. The molecule has 1 unspecified atom stereocenters. The van der Waals surface area contributed by atoms with Crippen molar-refractivity contribution in [3.05, 3.63) is 12.7 Å². The molecule has 0 spiro atoms. The molecule has 0 nitrogen and oxygen atoms in total. The molecular weight excluding hydrogens is 156 g/mol. The summed E-state index contributed by atoms with van der Waals surface area (Å²) in [5.41, 5.74) is 0. The first-order valence-corrected chi connectivity index (χ1v) is 5.92. The predicted octanol–water partition coefficient (Wildman–Crippen LogP) is 4.95. The van der Waals surface area contributed by atoms with Crippen LogP contribution in [-0.4, -0.2) is 0 Å². The van der Waals surface area contributed by atoms with Crippen LogP contribution in [0.15, 0.2) is 12.7 Å². The van der Waals surface area contributed by atoms with E-state index in [0.717, 1.165) is 5.92 Å². The molecule has 13 heavy (non-hydrogen) atoms. The first kappa shape index (κ1) is 12.7. The van der Waals surface area contributed by atoms with Crippen LogP contribution >= 0.6 is 0 Å². The molecule has 0 aromatic rings. The maximum Gasteiger partial charge on any atom is -0.0353 e. The van der Waals surface area contributed by atoms with Crippen molar-refractivity contribution in [1.29, 1.82) is 0 Å². The van der Waals surface area contributed by atoms with Gasteiger partial charge < -0.3 is 0 Å². The van der Waals surface area contributed by atoms with E-state index < -0.39 is 0 Å². The molecule has 0 fully saturated rings. The maximum absolute atomic E-state index is 3.73. The van der Waals surface area contributed by atoms with Crippen molar-refractivity contribution >= 4 is 0 Å². The Morgan fingerprint density at radius 2 is 1.77 bits per heavy atom. The molecule has 0 amide bonds. The third-order valence-corrected chi connectivity index (χ3v) is 2.64. The van der Waals surface area contributed by atoms with Gasteiger partial charge in [0.1, 0.15) is 0 Å². The van der Waals surface area contributed by atoms with Crippen LogP contribution in [-0.2, 0) is 0 Å². The summed E-state index contributed by atoms with van der Waals surface area (Å²) in [6, 6.07) is 0. The van der Waals surface area contributed by atoms with E-state index in [4.69, 9.17) is 0 Å². The first-order valence-electron chi connectivity index (χ1n) is 5.92. The highest BCUT2D eigenvalue weighted by atomic mass is 14.0. The molecule has 78 valence electrons. The molecule has 0 rings (SSSR count). The molecule has 0 heteroatoms. The van der Waals surface area contributed by atoms with Crippen molar-refractivity contribution in [2.24, 2.45) is 5.92 Å². The van der Waals surface area contributed by atoms with Gasteiger partial charge in [-0.05, 0) is 18.8 Å². The van der Waals surface area contributed by atoms with Crippen molar-refractivity contribution in [3.63, 3.8) is 0 Å². The van der Waals surface area contributed by atoms with Crippen LogP contribution < -0.4 is 0 Å². The summed E-state index contributed by atoms with van der Waals surface area (Å²) in [4.78, 5) is 0. The Labute approximate surface area is 84.4 Å². The van der Waals surface area contributed by atoms with E-state index in [9.17, 15) is 0 Å². The number of unbranched alkanes of at least 4 members (excludes halogenated alkanes) is 4. The van der Waals surface area contributed by atoms with E-state index in [1.165, 1.54) is 51.4 Å². The van der Waals surface area contributed by atoms with Crippen LogP contribution in [0.5, 0.6) is 0 Å². The predicted molar refractivity (Wildman–Crippen MR) is 62.0 cm³/mol. The molecule has 0 saturated heterocycles. The highest BCUT2D eigenvalue weighted by Crippen LogP contribution is 2.15. The fourth-order valence-electron chi connectivity index (χ4n) is 1.77. The topological polar surface area (TPSA) is 0 Å². The zero-order valence-corrected chi connectivity index (χ0v) is 9.52. The minimum absolute atomic E-state index is 0.949. The van der Waals surface area contributed by atoms with Crippen LogP contribution in [0.3, 0.4) is 0 Å². The number of hydrogen-bond donors (Lipinski definition) is 0. The molecule has 0 saturated carbocycles. The summed E-state index contributed by atoms with van der Waals surface area (Å²) in [5, 5.41) is 0. The molecule has 0 aromatic heterocycles. The van der Waals surface area contributed by atoms with Gasteiger partial charge >= 0.3 is 0 Å². The second-order valence-corrected chi connectivity index (χ2v) is 4.17. The number of rotatable bonds is 9. The number of hydrogen-bond acceptors (Lipinski definition) is 0. The average molecular weight is 182 g/mol. The van der Waals surface area contributed by atoms with Crippen LogP contribution in [0, 0.1) is 5.92 Å². The lowest BCUT2D eigenvalue weighted by molar-refractivity contribution is 0.454. The minimum atomic E-state index is 0.949. The maximum atomic E-state index is 3.73. The van der Waals surface area contributed by atoms with Crippen LogP contribution in [0.4, 0.5) is 0 Å². The Kier molecular flexibility index (Phi) is 9.63. The molecule has 0 aliphatic rings. The van der Waals surface area contributed by atoms with Gasteiger partial charge in [-0.15, -0.1) is 6.58 Å². The summed E-state index contributed by atoms with van der Waals surface area (Å²) in [6.45, 7) is 8.39. The smallest absolute Gasteiger partial charge is 0.0353 e. The first-order chi connectivity index (χ1) is 6.31. The Bertz CT molecular complexity index is 105. The van der Waals surface area contributed by atoms with E-state index in [1.54, 1.807) is 0 Å². The molecular formula is C13H26. The fourth-order valence-corrected chi connectivity index (χ4v) is 1.77. The molecule has 0 radical (unpaired) electrons. The van der Waals surface area contributed by atoms with E-state index >= 15 is 0 Å². The Hall–Kier alpha value is -0.260. The standard InChI is InChI=1S/C13H26/c1-4-6-7-8-9-10-12-13(3)11-5-2/h4,13H,1,5-12H2,2-3H3. The van der Waals surface area contributed by atoms with Crippen LogP contribution in [0.1, 0.15) is 65.2 Å². The molecule has 0 heterocycles. The van der Waals surface area contributed by atoms with Crippen molar-refractivity contribution in [3.8, 4) is 0 Å². The van der Waals surface area contributed by atoms with Gasteiger partial charge in [0, 0.05) is 0 Å². The highest BCUT2D eigenvalue weighted by Gasteiger charge is 1.99. The van der Waals surface area contributed by atoms with Gasteiger partial charge in [0.05, 0.1) is 0 Å². The lowest BCUT2D eigenvalue weighted by atomic mass is 9.98. The molecule has 1 atom stereocenters. The van der Waals surface area contributed by atoms with Gasteiger partial charge in [0.2, 0.25) is 0 Å². The van der Waals surface area contributed by atoms with E-state index in [0.29, 0.717) is 0 Å². The van der Waals surface area contributed by atoms with E-state index in [2.05, 4.69) is 20.4 Å². The van der Waals surface area contributed by atoms with E-state index in [-0.39, 0.29) is 0 Å². The largest absolute Gasteiger partial charge is 0.103 e. The molecule has 0 bridgehead atoms. The van der Waals surface area contributed by atoms with Crippen molar-refractivity contribution in [2.75, 3.05) is 0 Å². The quantitative estimate of drug-likeness (QED) is 0.349. The lowest BCUT2D eigenvalue weighted by Crippen LogP contribution is -1.93. The zero-order valence-electron chi connectivity index (χ0n) is 9.52. The Balaban J connectivity index is 3.01. The Morgan fingerprint density at radius 1 is 1.08 bits per heavy atom. The molecule has 0 aliphatic heterocycles. The normalized spacial score (nSPS) is 12.8. The summed E-state index contributed by atoms with van der Waals surface area (Å²) in [5.74, 6) is 0.949. The monoisotopic (exact) mass is 182 g/mol. The average Bonchev–Trinajstić information content (AvgIpc) is 2.11. The van der Waals surface area contributed by atoms with Crippen molar-refractivity contribution in [2.45, 2.75) is 65.2 Å². The lowest BCUT2D eigenvalue weighted by Gasteiger charge is -2.08. The molecule has 0 N–H and O–H groups in total. The van der Waals surface area contributed by atoms with Crippen LogP contribution in [0.2, 0.25) is 0 Å². The van der Waals surface area contributed by atoms with Gasteiger partial charge in [-0.3, -0.25) is 0 Å². The Morgan fingerprint density at radius 3 is 2.38 bits per heavy atom. The summed E-state index contributed by atoms with van der Waals surface area (Å²) < 4.78 is 0. The second kappa shape index (κ2) is 9.83. The highest BCUT2D eigenvalue weighted by molar-refractivity contribution is 4.65. The summed E-state index contributed by atoms with van der Waals surface area (Å²) >= 11 is 0.